The Hall–Kier alpha value is -2.82. The zero-order valence-electron chi connectivity index (χ0n) is 13.3. The van der Waals surface area contributed by atoms with Crippen LogP contribution >= 0.6 is 0 Å². The molecule has 0 fully saturated rings. The van der Waals surface area contributed by atoms with Crippen LogP contribution in [0, 0.1) is 0 Å². The average molecular weight is 308 g/mol. The maximum atomic E-state index is 6.08. The average Bonchev–Trinajstić information content (AvgIpc) is 3.00. The van der Waals surface area contributed by atoms with Crippen molar-refractivity contribution in [2.24, 2.45) is 7.05 Å². The molecule has 0 aliphatic heterocycles. The summed E-state index contributed by atoms with van der Waals surface area (Å²) in [7, 11) is 1.97. The molecule has 5 nitrogen and oxygen atoms in total. The predicted molar refractivity (Wildman–Crippen MR) is 90.3 cm³/mol. The number of imidazole rings is 1. The van der Waals surface area contributed by atoms with E-state index in [4.69, 9.17) is 4.74 Å². The van der Waals surface area contributed by atoms with Crippen molar-refractivity contribution < 1.29 is 4.74 Å². The van der Waals surface area contributed by atoms with Crippen LogP contribution in [0.1, 0.15) is 24.3 Å². The van der Waals surface area contributed by atoms with Crippen LogP contribution in [0.15, 0.2) is 61.2 Å². The summed E-state index contributed by atoms with van der Waals surface area (Å²) in [6.45, 7) is 2.68. The molecule has 0 saturated heterocycles. The molecule has 0 bridgehead atoms. The van der Waals surface area contributed by atoms with Gasteiger partial charge in [-0.3, -0.25) is 0 Å². The maximum Gasteiger partial charge on any atom is 0.169 e. The second-order valence-corrected chi connectivity index (χ2v) is 5.37. The van der Waals surface area contributed by atoms with E-state index in [0.29, 0.717) is 6.54 Å². The molecule has 0 amide bonds. The summed E-state index contributed by atoms with van der Waals surface area (Å²) in [5.74, 6) is 1.47. The Balaban J connectivity index is 1.72. The van der Waals surface area contributed by atoms with Gasteiger partial charge in [0.2, 0.25) is 0 Å². The number of pyridine rings is 1. The molecule has 0 radical (unpaired) electrons. The lowest BCUT2D eigenvalue weighted by molar-refractivity contribution is 0.227. The van der Waals surface area contributed by atoms with E-state index in [2.05, 4.69) is 27.4 Å². The first kappa shape index (κ1) is 15.1. The van der Waals surface area contributed by atoms with E-state index >= 15 is 0 Å². The van der Waals surface area contributed by atoms with Crippen molar-refractivity contribution in [3.63, 3.8) is 0 Å². The maximum absolute atomic E-state index is 6.08. The van der Waals surface area contributed by atoms with Gasteiger partial charge in [-0.05, 0) is 24.6 Å². The van der Waals surface area contributed by atoms with Gasteiger partial charge >= 0.3 is 0 Å². The van der Waals surface area contributed by atoms with E-state index in [9.17, 15) is 0 Å². The smallest absolute Gasteiger partial charge is 0.169 e. The Kier molecular flexibility index (Phi) is 4.57. The van der Waals surface area contributed by atoms with Crippen molar-refractivity contribution >= 4 is 5.82 Å². The second-order valence-electron chi connectivity index (χ2n) is 5.37. The molecule has 0 spiro atoms. The van der Waals surface area contributed by atoms with Gasteiger partial charge in [-0.2, -0.15) is 0 Å². The number of aromatic nitrogens is 3. The SMILES string of the molecule is C[C@H](Oc1cccnc1NCc1cncn1C)c1ccccc1. The highest BCUT2D eigenvalue weighted by Gasteiger charge is 2.11. The van der Waals surface area contributed by atoms with Crippen LogP contribution in [-0.2, 0) is 13.6 Å². The largest absolute Gasteiger partial charge is 0.482 e. The highest BCUT2D eigenvalue weighted by Crippen LogP contribution is 2.27. The summed E-state index contributed by atoms with van der Waals surface area (Å²) in [5.41, 5.74) is 2.21. The fourth-order valence-corrected chi connectivity index (χ4v) is 2.33. The minimum absolute atomic E-state index is 0.0438. The van der Waals surface area contributed by atoms with Crippen LogP contribution in [0.3, 0.4) is 0 Å². The third-order valence-electron chi connectivity index (χ3n) is 3.70. The molecule has 118 valence electrons. The van der Waals surface area contributed by atoms with Gasteiger partial charge < -0.3 is 14.6 Å². The number of nitrogens with one attached hydrogen (secondary N) is 1. The molecule has 2 heterocycles. The molecular weight excluding hydrogens is 288 g/mol. The highest BCUT2D eigenvalue weighted by atomic mass is 16.5. The van der Waals surface area contributed by atoms with Crippen LogP contribution in [0.4, 0.5) is 5.82 Å². The van der Waals surface area contributed by atoms with Gasteiger partial charge in [-0.25, -0.2) is 9.97 Å². The number of hydrogen-bond acceptors (Lipinski definition) is 4. The lowest BCUT2D eigenvalue weighted by Gasteiger charge is -2.17. The quantitative estimate of drug-likeness (QED) is 0.756. The molecule has 0 unspecified atom stereocenters. The van der Waals surface area contributed by atoms with Gasteiger partial charge in [-0.15, -0.1) is 0 Å². The fourth-order valence-electron chi connectivity index (χ4n) is 2.33. The number of nitrogens with zero attached hydrogens (tertiary/aromatic N) is 3. The molecule has 3 rings (SSSR count). The van der Waals surface area contributed by atoms with Crippen LogP contribution in [0.2, 0.25) is 0 Å². The Labute approximate surface area is 136 Å². The Morgan fingerprint density at radius 1 is 1.17 bits per heavy atom. The van der Waals surface area contributed by atoms with Crippen molar-refractivity contribution in [3.05, 3.63) is 72.4 Å². The number of aryl methyl sites for hydroxylation is 1. The summed E-state index contributed by atoms with van der Waals surface area (Å²) >= 11 is 0. The lowest BCUT2D eigenvalue weighted by atomic mass is 10.1. The van der Waals surface area contributed by atoms with Crippen molar-refractivity contribution in [3.8, 4) is 5.75 Å². The third kappa shape index (κ3) is 3.69. The summed E-state index contributed by atoms with van der Waals surface area (Å²) < 4.78 is 8.06. The number of rotatable bonds is 6. The van der Waals surface area contributed by atoms with Gasteiger partial charge in [0.15, 0.2) is 11.6 Å². The van der Waals surface area contributed by atoms with Crippen molar-refractivity contribution in [1.29, 1.82) is 0 Å². The summed E-state index contributed by atoms with van der Waals surface area (Å²) in [4.78, 5) is 8.50. The van der Waals surface area contributed by atoms with Crippen molar-refractivity contribution in [1.82, 2.24) is 14.5 Å². The first-order chi connectivity index (χ1) is 11.2. The Bertz CT molecular complexity index is 754. The minimum Gasteiger partial charge on any atom is -0.482 e. The van der Waals surface area contributed by atoms with Crippen molar-refractivity contribution in [2.75, 3.05) is 5.32 Å². The minimum atomic E-state index is -0.0438. The van der Waals surface area contributed by atoms with Gasteiger partial charge in [0.05, 0.1) is 18.6 Å². The van der Waals surface area contributed by atoms with Gasteiger partial charge in [-0.1, -0.05) is 30.3 Å². The molecule has 0 aliphatic rings. The van der Waals surface area contributed by atoms with Gasteiger partial charge in [0.25, 0.3) is 0 Å². The summed E-state index contributed by atoms with van der Waals surface area (Å²) in [6.07, 6.45) is 5.33. The zero-order valence-corrected chi connectivity index (χ0v) is 13.3. The molecule has 0 aliphatic carbocycles. The molecule has 2 aromatic heterocycles. The van der Waals surface area contributed by atoms with E-state index in [0.717, 1.165) is 22.8 Å². The number of ether oxygens (including phenoxy) is 1. The molecule has 5 heteroatoms. The van der Waals surface area contributed by atoms with Crippen molar-refractivity contribution in [2.45, 2.75) is 19.6 Å². The Morgan fingerprint density at radius 3 is 2.74 bits per heavy atom. The van der Waals surface area contributed by atoms with E-state index in [-0.39, 0.29) is 6.10 Å². The van der Waals surface area contributed by atoms with Crippen LogP contribution < -0.4 is 10.1 Å². The third-order valence-corrected chi connectivity index (χ3v) is 3.70. The molecule has 1 N–H and O–H groups in total. The summed E-state index contributed by atoms with van der Waals surface area (Å²) in [6, 6.07) is 14.0. The summed E-state index contributed by atoms with van der Waals surface area (Å²) in [5, 5.41) is 3.32. The molecular formula is C18H20N4O. The molecule has 1 aromatic carbocycles. The highest BCUT2D eigenvalue weighted by molar-refractivity contribution is 5.49. The van der Waals surface area contributed by atoms with E-state index in [1.54, 1.807) is 12.5 Å². The monoisotopic (exact) mass is 308 g/mol. The molecule has 1 atom stereocenters. The number of hydrogen-bond donors (Lipinski definition) is 1. The fraction of sp³-hybridized carbons (Fsp3) is 0.222. The van der Waals surface area contributed by atoms with Gasteiger partial charge in [0.1, 0.15) is 6.10 Å². The van der Waals surface area contributed by atoms with E-state index < -0.39 is 0 Å². The van der Waals surface area contributed by atoms with E-state index in [1.165, 1.54) is 0 Å². The standard InChI is InChI=1S/C18H20N4O/c1-14(15-7-4-3-5-8-15)23-17-9-6-10-20-18(17)21-12-16-11-19-13-22(16)2/h3-11,13-14H,12H2,1-2H3,(H,20,21)/t14-/m0/s1. The van der Waals surface area contributed by atoms with Crippen LogP contribution in [0.5, 0.6) is 5.75 Å². The number of benzene rings is 1. The molecule has 3 aromatic rings. The Morgan fingerprint density at radius 2 is 2.00 bits per heavy atom. The first-order valence-electron chi connectivity index (χ1n) is 7.59. The van der Waals surface area contributed by atoms with Crippen LogP contribution in [-0.4, -0.2) is 14.5 Å². The predicted octanol–water partition coefficient (Wildman–Crippen LogP) is 3.57. The normalized spacial score (nSPS) is 11.9. The molecule has 0 saturated carbocycles. The zero-order chi connectivity index (χ0) is 16.1. The van der Waals surface area contributed by atoms with E-state index in [1.807, 2.05) is 55.1 Å². The topological polar surface area (TPSA) is 52.0 Å². The number of anilines is 1. The van der Waals surface area contributed by atoms with Gasteiger partial charge in [0, 0.05) is 19.4 Å². The van der Waals surface area contributed by atoms with Crippen LogP contribution in [0.25, 0.3) is 0 Å². The lowest BCUT2D eigenvalue weighted by Crippen LogP contribution is -2.09. The first-order valence-corrected chi connectivity index (χ1v) is 7.59. The molecule has 23 heavy (non-hydrogen) atoms. The second kappa shape index (κ2) is 6.96.